The summed E-state index contributed by atoms with van der Waals surface area (Å²) in [5, 5.41) is 0. The van der Waals surface area contributed by atoms with Gasteiger partial charge in [-0.1, -0.05) is 6.07 Å². The number of fused-ring (bicyclic) bond motifs is 1. The Labute approximate surface area is 110 Å². The van der Waals surface area contributed by atoms with E-state index >= 15 is 0 Å². The molecule has 0 heterocycles. The topological polar surface area (TPSA) is 52.3 Å². The van der Waals surface area contributed by atoms with Crippen molar-refractivity contribution in [2.45, 2.75) is 52.2 Å². The normalized spacial score (nSPS) is 18.6. The van der Waals surface area contributed by atoms with E-state index in [1.165, 1.54) is 11.1 Å². The first kappa shape index (κ1) is 13.1. The number of hydrogen-bond acceptors (Lipinski definition) is 3. The van der Waals surface area contributed by atoms with Crippen LogP contribution in [-0.4, -0.2) is 11.6 Å². The van der Waals surface area contributed by atoms with Gasteiger partial charge in [-0.15, -0.1) is 0 Å². The van der Waals surface area contributed by atoms with E-state index in [1.807, 2.05) is 39.8 Å². The molecule has 18 heavy (non-hydrogen) atoms. The predicted molar refractivity (Wildman–Crippen MR) is 73.7 cm³/mol. The van der Waals surface area contributed by atoms with Gasteiger partial charge in [0.25, 0.3) is 0 Å². The van der Waals surface area contributed by atoms with Gasteiger partial charge in [-0.3, -0.25) is 0 Å². The molecule has 0 bridgehead atoms. The summed E-state index contributed by atoms with van der Waals surface area (Å²) >= 11 is 0. The van der Waals surface area contributed by atoms with Crippen molar-refractivity contribution in [2.75, 3.05) is 0 Å². The lowest BCUT2D eigenvalue weighted by molar-refractivity contribution is 0.00686. The Balaban J connectivity index is 0.00000180. The number of rotatable bonds is 1. The number of benzene rings is 1. The zero-order valence-corrected chi connectivity index (χ0v) is 11.5. The molecule has 0 saturated carbocycles. The Morgan fingerprint density at radius 3 is 2.72 bits per heavy atom. The van der Waals surface area contributed by atoms with Crippen LogP contribution in [0.3, 0.4) is 0 Å². The molecule has 0 fully saturated rings. The quantitative estimate of drug-likeness (QED) is 0.778. The molecule has 1 aromatic carbocycles. The number of nitrogens with two attached hydrogens (primary N) is 1. The highest BCUT2D eigenvalue weighted by atomic mass is 16.6. The van der Waals surface area contributed by atoms with Crippen LogP contribution in [0.25, 0.3) is 0 Å². The third-order valence-electron chi connectivity index (χ3n) is 3.36. The predicted octanol–water partition coefficient (Wildman–Crippen LogP) is 3.14. The SMILES string of the molecule is Cc1c(C(=O)OC(C)(C)C)ccc2c1CC[C@@H]2N.[HH]. The van der Waals surface area contributed by atoms with Crippen molar-refractivity contribution >= 4 is 5.97 Å². The van der Waals surface area contributed by atoms with Gasteiger partial charge in [0, 0.05) is 7.47 Å². The molecular weight excluding hydrogens is 226 g/mol. The minimum Gasteiger partial charge on any atom is -0.456 e. The van der Waals surface area contributed by atoms with Crippen LogP contribution < -0.4 is 5.73 Å². The molecular formula is C15H23NO2. The summed E-state index contributed by atoms with van der Waals surface area (Å²) in [5.74, 6) is -0.247. The lowest BCUT2D eigenvalue weighted by atomic mass is 9.98. The fourth-order valence-electron chi connectivity index (χ4n) is 2.47. The molecule has 0 saturated heterocycles. The summed E-state index contributed by atoms with van der Waals surface area (Å²) in [5.41, 5.74) is 9.66. The van der Waals surface area contributed by atoms with E-state index in [2.05, 4.69) is 0 Å². The fraction of sp³-hybridized carbons (Fsp3) is 0.533. The monoisotopic (exact) mass is 249 g/mol. The fourth-order valence-corrected chi connectivity index (χ4v) is 2.47. The molecule has 0 spiro atoms. The molecule has 2 N–H and O–H groups in total. The second-order valence-electron chi connectivity index (χ2n) is 5.95. The second kappa shape index (κ2) is 4.39. The van der Waals surface area contributed by atoms with Crippen LogP contribution in [0.1, 0.15) is 61.7 Å². The maximum atomic E-state index is 12.1. The van der Waals surface area contributed by atoms with Gasteiger partial charge in [0.15, 0.2) is 0 Å². The first-order valence-electron chi connectivity index (χ1n) is 6.41. The van der Waals surface area contributed by atoms with Gasteiger partial charge in [-0.25, -0.2) is 4.79 Å². The zero-order valence-electron chi connectivity index (χ0n) is 11.5. The van der Waals surface area contributed by atoms with Gasteiger partial charge in [0.1, 0.15) is 5.60 Å². The second-order valence-corrected chi connectivity index (χ2v) is 5.95. The molecule has 1 atom stereocenters. The summed E-state index contributed by atoms with van der Waals surface area (Å²) in [6.45, 7) is 7.62. The molecule has 0 radical (unpaired) electrons. The zero-order chi connectivity index (χ0) is 13.5. The van der Waals surface area contributed by atoms with Gasteiger partial charge in [0.05, 0.1) is 5.56 Å². The molecule has 100 valence electrons. The molecule has 0 aromatic heterocycles. The Morgan fingerprint density at radius 1 is 1.44 bits per heavy atom. The van der Waals surface area contributed by atoms with Crippen LogP contribution in [0.15, 0.2) is 12.1 Å². The first-order valence-corrected chi connectivity index (χ1v) is 6.41. The van der Waals surface area contributed by atoms with Crippen molar-refractivity contribution in [3.05, 3.63) is 34.4 Å². The Hall–Kier alpha value is -1.35. The Kier molecular flexibility index (Phi) is 3.20. The van der Waals surface area contributed by atoms with E-state index < -0.39 is 5.60 Å². The summed E-state index contributed by atoms with van der Waals surface area (Å²) in [4.78, 5) is 12.1. The van der Waals surface area contributed by atoms with Gasteiger partial charge in [-0.2, -0.15) is 0 Å². The van der Waals surface area contributed by atoms with E-state index in [4.69, 9.17) is 10.5 Å². The molecule has 1 aliphatic carbocycles. The summed E-state index contributed by atoms with van der Waals surface area (Å²) < 4.78 is 5.42. The van der Waals surface area contributed by atoms with E-state index in [1.54, 1.807) is 0 Å². The van der Waals surface area contributed by atoms with Crippen molar-refractivity contribution in [2.24, 2.45) is 5.73 Å². The van der Waals surface area contributed by atoms with Gasteiger partial charge >= 0.3 is 5.97 Å². The highest BCUT2D eigenvalue weighted by molar-refractivity contribution is 5.92. The lowest BCUT2D eigenvalue weighted by Gasteiger charge is -2.21. The third-order valence-corrected chi connectivity index (χ3v) is 3.36. The molecule has 0 amide bonds. The maximum absolute atomic E-state index is 12.1. The minimum atomic E-state index is -0.459. The Bertz CT molecular complexity index is 492. The van der Waals surface area contributed by atoms with Gasteiger partial charge in [-0.05, 0) is 63.3 Å². The number of esters is 1. The van der Waals surface area contributed by atoms with E-state index in [9.17, 15) is 4.79 Å². The average Bonchev–Trinajstić information content (AvgIpc) is 2.59. The van der Waals surface area contributed by atoms with Crippen molar-refractivity contribution < 1.29 is 11.0 Å². The van der Waals surface area contributed by atoms with Crippen molar-refractivity contribution in [3.63, 3.8) is 0 Å². The Morgan fingerprint density at radius 2 is 2.11 bits per heavy atom. The molecule has 1 aromatic rings. The van der Waals surface area contributed by atoms with E-state index in [0.717, 1.165) is 18.4 Å². The number of carbonyl (C=O) groups is 1. The van der Waals surface area contributed by atoms with Gasteiger partial charge < -0.3 is 10.5 Å². The minimum absolute atomic E-state index is 0. The summed E-state index contributed by atoms with van der Waals surface area (Å²) in [7, 11) is 0. The van der Waals surface area contributed by atoms with Crippen LogP contribution in [-0.2, 0) is 11.2 Å². The third kappa shape index (κ3) is 2.41. The van der Waals surface area contributed by atoms with Crippen molar-refractivity contribution in [1.82, 2.24) is 0 Å². The van der Waals surface area contributed by atoms with Crippen LogP contribution in [0.4, 0.5) is 0 Å². The maximum Gasteiger partial charge on any atom is 0.338 e. The highest BCUT2D eigenvalue weighted by Gasteiger charge is 2.25. The van der Waals surface area contributed by atoms with Crippen molar-refractivity contribution in [1.29, 1.82) is 0 Å². The smallest absolute Gasteiger partial charge is 0.338 e. The number of ether oxygens (including phenoxy) is 1. The van der Waals surface area contributed by atoms with Crippen molar-refractivity contribution in [3.8, 4) is 0 Å². The molecule has 0 unspecified atom stereocenters. The number of carbonyl (C=O) groups excluding carboxylic acids is 1. The molecule has 0 aliphatic heterocycles. The van der Waals surface area contributed by atoms with Crippen LogP contribution in [0.5, 0.6) is 0 Å². The standard InChI is InChI=1S/C15H21NO2.H2/c1-9-10-7-8-13(16)12(10)6-5-11(9)14(17)18-15(2,3)4;/h5-6,13H,7-8,16H2,1-4H3;1H/t13-;/m0./s1. The van der Waals surface area contributed by atoms with Crippen LogP contribution in [0.2, 0.25) is 0 Å². The van der Waals surface area contributed by atoms with E-state index in [-0.39, 0.29) is 13.4 Å². The molecule has 3 nitrogen and oxygen atoms in total. The highest BCUT2D eigenvalue weighted by Crippen LogP contribution is 2.33. The lowest BCUT2D eigenvalue weighted by Crippen LogP contribution is -2.24. The molecule has 2 rings (SSSR count). The average molecular weight is 249 g/mol. The summed E-state index contributed by atoms with van der Waals surface area (Å²) in [6, 6.07) is 3.93. The largest absolute Gasteiger partial charge is 0.456 e. The van der Waals surface area contributed by atoms with E-state index in [0.29, 0.717) is 5.56 Å². The number of hydrogen-bond donors (Lipinski definition) is 1. The first-order chi connectivity index (χ1) is 8.29. The molecule has 1 aliphatic rings. The summed E-state index contributed by atoms with van der Waals surface area (Å²) in [6.07, 6.45) is 1.92. The van der Waals surface area contributed by atoms with Crippen LogP contribution in [0, 0.1) is 6.92 Å². The van der Waals surface area contributed by atoms with Gasteiger partial charge in [0.2, 0.25) is 0 Å². The molecule has 3 heteroatoms. The van der Waals surface area contributed by atoms with Crippen LogP contribution >= 0.6 is 0 Å².